The van der Waals surface area contributed by atoms with Crippen LogP contribution in [0.3, 0.4) is 0 Å². The van der Waals surface area contributed by atoms with Crippen LogP contribution in [0.5, 0.6) is 0 Å². The van der Waals surface area contributed by atoms with Crippen LogP contribution >= 0.6 is 11.6 Å². The van der Waals surface area contributed by atoms with E-state index in [0.717, 1.165) is 12.1 Å². The molecule has 1 aromatic rings. The number of amides is 1. The van der Waals surface area contributed by atoms with Gasteiger partial charge in [0.1, 0.15) is 0 Å². The minimum Gasteiger partial charge on any atom is -0.384 e. The minimum atomic E-state index is -4.40. The highest BCUT2D eigenvalue weighted by Gasteiger charge is 2.30. The van der Waals surface area contributed by atoms with E-state index in [-0.39, 0.29) is 10.9 Å². The molecule has 0 aliphatic carbocycles. The van der Waals surface area contributed by atoms with Crippen molar-refractivity contribution in [3.63, 3.8) is 0 Å². The van der Waals surface area contributed by atoms with Gasteiger partial charge in [-0.2, -0.15) is 13.2 Å². The van der Waals surface area contributed by atoms with Gasteiger partial charge in [0.25, 0.3) is 0 Å². The third-order valence-electron chi connectivity index (χ3n) is 2.47. The highest BCUT2D eigenvalue weighted by atomic mass is 35.5. The van der Waals surface area contributed by atoms with Crippen molar-refractivity contribution in [3.05, 3.63) is 28.8 Å². The number of hydrogen-bond donors (Lipinski definition) is 2. The van der Waals surface area contributed by atoms with E-state index in [1.807, 2.05) is 0 Å². The number of carbonyl (C=O) groups is 1. The third-order valence-corrected chi connectivity index (χ3v) is 2.78. The van der Waals surface area contributed by atoms with Gasteiger partial charge in [-0.25, -0.2) is 0 Å². The van der Waals surface area contributed by atoms with Crippen molar-refractivity contribution in [1.82, 2.24) is 5.32 Å². The zero-order valence-corrected chi connectivity index (χ0v) is 11.0. The van der Waals surface area contributed by atoms with Crippen molar-refractivity contribution in [1.29, 1.82) is 0 Å². The van der Waals surface area contributed by atoms with E-state index >= 15 is 0 Å². The molecule has 0 atom stereocenters. The minimum absolute atomic E-state index is 0.00904. The van der Waals surface area contributed by atoms with Crippen LogP contribution in [-0.2, 0) is 11.0 Å². The molecule has 0 radical (unpaired) electrons. The lowest BCUT2D eigenvalue weighted by atomic mass is 10.2. The standard InChI is InChI=1S/C12H14ClF3N2O/c1-17-11(19)3-2-6-18-10-5-4-8(7-9(10)13)12(14,15)16/h4-5,7,18H,2-3,6H2,1H3,(H,17,19). The van der Waals surface area contributed by atoms with Gasteiger partial charge in [0.15, 0.2) is 0 Å². The molecule has 0 saturated carbocycles. The SMILES string of the molecule is CNC(=O)CCCNc1ccc(C(F)(F)F)cc1Cl. The lowest BCUT2D eigenvalue weighted by Crippen LogP contribution is -2.18. The summed E-state index contributed by atoms with van der Waals surface area (Å²) in [4.78, 5) is 11.0. The van der Waals surface area contributed by atoms with Crippen molar-refractivity contribution >= 4 is 23.2 Å². The molecular formula is C12H14ClF3N2O. The van der Waals surface area contributed by atoms with E-state index in [0.29, 0.717) is 25.1 Å². The van der Waals surface area contributed by atoms with E-state index in [1.165, 1.54) is 6.07 Å². The first kappa shape index (κ1) is 15.6. The molecule has 0 heterocycles. The molecule has 2 N–H and O–H groups in total. The van der Waals surface area contributed by atoms with Crippen LogP contribution in [0.1, 0.15) is 18.4 Å². The summed E-state index contributed by atoms with van der Waals surface area (Å²) in [5.74, 6) is -0.0830. The Bertz CT molecular complexity index is 449. The summed E-state index contributed by atoms with van der Waals surface area (Å²) >= 11 is 5.76. The van der Waals surface area contributed by atoms with Crippen LogP contribution < -0.4 is 10.6 Å². The Balaban J connectivity index is 2.54. The molecule has 19 heavy (non-hydrogen) atoms. The van der Waals surface area contributed by atoms with Gasteiger partial charge in [-0.05, 0) is 24.6 Å². The number of carbonyl (C=O) groups excluding carboxylic acids is 1. The van der Waals surface area contributed by atoms with Gasteiger partial charge in [-0.1, -0.05) is 11.6 Å². The quantitative estimate of drug-likeness (QED) is 0.818. The Hall–Kier alpha value is -1.43. The molecule has 106 valence electrons. The molecule has 0 aliphatic rings. The second kappa shape index (κ2) is 6.65. The molecule has 0 saturated heterocycles. The maximum atomic E-state index is 12.4. The monoisotopic (exact) mass is 294 g/mol. The average molecular weight is 295 g/mol. The molecule has 0 unspecified atom stereocenters. The van der Waals surface area contributed by atoms with Crippen LogP contribution in [0.2, 0.25) is 5.02 Å². The first-order chi connectivity index (χ1) is 8.84. The van der Waals surface area contributed by atoms with Gasteiger partial charge in [-0.3, -0.25) is 4.79 Å². The van der Waals surface area contributed by atoms with Crippen molar-refractivity contribution in [2.45, 2.75) is 19.0 Å². The summed E-state index contributed by atoms with van der Waals surface area (Å²) in [5, 5.41) is 5.38. The maximum absolute atomic E-state index is 12.4. The number of alkyl halides is 3. The third kappa shape index (κ3) is 4.98. The number of halogens is 4. The van der Waals surface area contributed by atoms with Crippen LogP contribution in [0.25, 0.3) is 0 Å². The first-order valence-corrected chi connectivity index (χ1v) is 6.03. The smallest absolute Gasteiger partial charge is 0.384 e. The fraction of sp³-hybridized carbons (Fsp3) is 0.417. The number of anilines is 1. The van der Waals surface area contributed by atoms with Crippen molar-refractivity contribution in [2.24, 2.45) is 0 Å². The zero-order chi connectivity index (χ0) is 14.5. The Morgan fingerprint density at radius 2 is 2.05 bits per heavy atom. The molecule has 1 aromatic carbocycles. The Labute approximate surface area is 114 Å². The topological polar surface area (TPSA) is 41.1 Å². The molecule has 1 amide bonds. The van der Waals surface area contributed by atoms with Crippen LogP contribution in [0.15, 0.2) is 18.2 Å². The van der Waals surface area contributed by atoms with Gasteiger partial charge in [-0.15, -0.1) is 0 Å². The fourth-order valence-corrected chi connectivity index (χ4v) is 1.68. The number of nitrogens with one attached hydrogen (secondary N) is 2. The summed E-state index contributed by atoms with van der Waals surface area (Å²) < 4.78 is 37.2. The second-order valence-electron chi connectivity index (χ2n) is 3.90. The van der Waals surface area contributed by atoms with Gasteiger partial charge >= 0.3 is 6.18 Å². The van der Waals surface area contributed by atoms with Crippen LogP contribution in [-0.4, -0.2) is 19.5 Å². The van der Waals surface area contributed by atoms with Crippen LogP contribution in [0.4, 0.5) is 18.9 Å². The maximum Gasteiger partial charge on any atom is 0.416 e. The first-order valence-electron chi connectivity index (χ1n) is 5.66. The van der Waals surface area contributed by atoms with E-state index in [2.05, 4.69) is 10.6 Å². The van der Waals surface area contributed by atoms with E-state index in [1.54, 1.807) is 7.05 Å². The summed E-state index contributed by atoms with van der Waals surface area (Å²) in [6.45, 7) is 0.457. The summed E-state index contributed by atoms with van der Waals surface area (Å²) in [6, 6.07) is 3.13. The largest absolute Gasteiger partial charge is 0.416 e. The molecular weight excluding hydrogens is 281 g/mol. The molecule has 3 nitrogen and oxygen atoms in total. The van der Waals surface area contributed by atoms with Crippen molar-refractivity contribution in [2.75, 3.05) is 18.9 Å². The van der Waals surface area contributed by atoms with Crippen molar-refractivity contribution in [3.8, 4) is 0 Å². The molecule has 7 heteroatoms. The summed E-state index contributed by atoms with van der Waals surface area (Å²) in [5.41, 5.74) is -0.361. The Morgan fingerprint density at radius 3 is 2.58 bits per heavy atom. The summed E-state index contributed by atoms with van der Waals surface area (Å²) in [6.07, 6.45) is -3.49. The zero-order valence-electron chi connectivity index (χ0n) is 10.3. The highest BCUT2D eigenvalue weighted by molar-refractivity contribution is 6.33. The molecule has 0 spiro atoms. The second-order valence-corrected chi connectivity index (χ2v) is 4.30. The summed E-state index contributed by atoms with van der Waals surface area (Å²) in [7, 11) is 1.54. The predicted molar refractivity (Wildman–Crippen MR) is 68.2 cm³/mol. The number of rotatable bonds is 5. The number of hydrogen-bond acceptors (Lipinski definition) is 2. The highest BCUT2D eigenvalue weighted by Crippen LogP contribution is 2.33. The Kier molecular flexibility index (Phi) is 5.47. The van der Waals surface area contributed by atoms with Crippen molar-refractivity contribution < 1.29 is 18.0 Å². The molecule has 0 aliphatic heterocycles. The fourth-order valence-electron chi connectivity index (χ4n) is 1.43. The van der Waals surface area contributed by atoms with E-state index < -0.39 is 11.7 Å². The van der Waals surface area contributed by atoms with E-state index in [9.17, 15) is 18.0 Å². The lowest BCUT2D eigenvalue weighted by Gasteiger charge is -2.11. The predicted octanol–water partition coefficient (Wildman–Crippen LogP) is 3.30. The molecule has 0 fully saturated rings. The lowest BCUT2D eigenvalue weighted by molar-refractivity contribution is -0.137. The van der Waals surface area contributed by atoms with E-state index in [4.69, 9.17) is 11.6 Å². The molecule has 0 aromatic heterocycles. The molecule has 1 rings (SSSR count). The average Bonchev–Trinajstić information content (AvgIpc) is 2.34. The Morgan fingerprint density at radius 1 is 1.37 bits per heavy atom. The van der Waals surface area contributed by atoms with Gasteiger partial charge in [0.05, 0.1) is 16.3 Å². The van der Waals surface area contributed by atoms with Gasteiger partial charge in [0.2, 0.25) is 5.91 Å². The number of benzene rings is 1. The molecule has 0 bridgehead atoms. The van der Waals surface area contributed by atoms with Crippen LogP contribution in [0, 0.1) is 0 Å². The van der Waals surface area contributed by atoms with Gasteiger partial charge in [0, 0.05) is 20.0 Å². The normalized spacial score (nSPS) is 11.2. The van der Waals surface area contributed by atoms with Gasteiger partial charge < -0.3 is 10.6 Å².